The molecule has 2 aromatic heterocycles. The van der Waals surface area contributed by atoms with Crippen LogP contribution in [0.4, 0.5) is 23.8 Å². The molecule has 9 nitrogen and oxygen atoms in total. The van der Waals surface area contributed by atoms with E-state index >= 15 is 0 Å². The lowest BCUT2D eigenvalue weighted by Gasteiger charge is -2.16. The predicted molar refractivity (Wildman–Crippen MR) is 145 cm³/mol. The highest BCUT2D eigenvalue weighted by Crippen LogP contribution is 2.34. The van der Waals surface area contributed by atoms with Gasteiger partial charge in [-0.25, -0.2) is 19.7 Å². The van der Waals surface area contributed by atoms with Gasteiger partial charge in [0.2, 0.25) is 0 Å². The van der Waals surface area contributed by atoms with Crippen molar-refractivity contribution < 1.29 is 27.8 Å². The standard InChI is InChI=1S/C24H30BrF3N6O3Si/c1-15(31-23(35)36)13-30-18-9-10-29-21(32-18)19-20(25)34(14-37-11-12-38(2,3)4)22(33-19)16-5-7-17(8-6-16)24(26,27)28/h5-10,15,31H,11-14H2,1-4H3,(H,35,36)(H,29,30,32). The van der Waals surface area contributed by atoms with Crippen molar-refractivity contribution in [3.05, 3.63) is 46.7 Å². The Kier molecular flexibility index (Phi) is 9.54. The molecule has 0 fully saturated rings. The van der Waals surface area contributed by atoms with Gasteiger partial charge in [-0.3, -0.25) is 4.57 Å². The fraction of sp³-hybridized carbons (Fsp3) is 0.417. The van der Waals surface area contributed by atoms with Gasteiger partial charge in [0.15, 0.2) is 5.82 Å². The molecule has 14 heteroatoms. The Hall–Kier alpha value is -2.97. The monoisotopic (exact) mass is 614 g/mol. The van der Waals surface area contributed by atoms with Gasteiger partial charge in [-0.15, -0.1) is 0 Å². The molecule has 0 saturated carbocycles. The van der Waals surface area contributed by atoms with Crippen LogP contribution in [0, 0.1) is 0 Å². The number of carboxylic acid groups (broad SMARTS) is 1. The Morgan fingerprint density at radius 2 is 1.87 bits per heavy atom. The summed E-state index contributed by atoms with van der Waals surface area (Å²) in [6.07, 6.45) is -4.04. The maximum absolute atomic E-state index is 13.1. The summed E-state index contributed by atoms with van der Waals surface area (Å²) >= 11 is 3.56. The van der Waals surface area contributed by atoms with Crippen molar-refractivity contribution in [1.29, 1.82) is 0 Å². The van der Waals surface area contributed by atoms with Crippen LogP contribution in [0.2, 0.25) is 25.7 Å². The molecule has 2 heterocycles. The molecule has 1 aromatic carbocycles. The van der Waals surface area contributed by atoms with Crippen LogP contribution in [0.3, 0.4) is 0 Å². The topological polar surface area (TPSA) is 114 Å². The molecule has 38 heavy (non-hydrogen) atoms. The molecule has 3 aromatic rings. The zero-order chi connectivity index (χ0) is 28.1. The molecule has 0 saturated heterocycles. The Balaban J connectivity index is 1.92. The molecular formula is C24H30BrF3N6O3Si. The van der Waals surface area contributed by atoms with E-state index in [1.807, 2.05) is 0 Å². The number of carbonyl (C=O) groups is 1. The first-order valence-electron chi connectivity index (χ1n) is 11.8. The quantitative estimate of drug-likeness (QED) is 0.175. The molecule has 206 valence electrons. The van der Waals surface area contributed by atoms with Gasteiger partial charge in [0.1, 0.15) is 28.7 Å². The van der Waals surface area contributed by atoms with Gasteiger partial charge in [0.05, 0.1) is 5.56 Å². The number of ether oxygens (including phenoxy) is 1. The fourth-order valence-electron chi connectivity index (χ4n) is 3.35. The van der Waals surface area contributed by atoms with Crippen LogP contribution in [-0.4, -0.2) is 58.0 Å². The lowest BCUT2D eigenvalue weighted by Crippen LogP contribution is -2.36. The summed E-state index contributed by atoms with van der Waals surface area (Å²) in [5.41, 5.74) is 0.106. The van der Waals surface area contributed by atoms with Gasteiger partial charge < -0.3 is 20.5 Å². The molecule has 3 N–H and O–H groups in total. The van der Waals surface area contributed by atoms with E-state index < -0.39 is 25.9 Å². The van der Waals surface area contributed by atoms with Gasteiger partial charge in [-0.1, -0.05) is 31.8 Å². The number of benzene rings is 1. The largest absolute Gasteiger partial charge is 0.465 e. The van der Waals surface area contributed by atoms with E-state index in [9.17, 15) is 18.0 Å². The number of rotatable bonds is 11. The average molecular weight is 616 g/mol. The van der Waals surface area contributed by atoms with Crippen molar-refractivity contribution in [2.24, 2.45) is 0 Å². The van der Waals surface area contributed by atoms with Gasteiger partial charge in [0.25, 0.3) is 0 Å². The number of imidazole rings is 1. The number of nitrogens with one attached hydrogen (secondary N) is 2. The molecule has 1 unspecified atom stereocenters. The second-order valence-corrected chi connectivity index (χ2v) is 16.3. The lowest BCUT2D eigenvalue weighted by molar-refractivity contribution is -0.137. The zero-order valence-corrected chi connectivity index (χ0v) is 24.0. The van der Waals surface area contributed by atoms with E-state index in [1.165, 1.54) is 18.3 Å². The minimum Gasteiger partial charge on any atom is -0.465 e. The van der Waals surface area contributed by atoms with Crippen molar-refractivity contribution in [3.63, 3.8) is 0 Å². The highest BCUT2D eigenvalue weighted by Gasteiger charge is 2.30. The second-order valence-electron chi connectivity index (χ2n) is 9.92. The molecule has 1 amide bonds. The maximum Gasteiger partial charge on any atom is 0.416 e. The fourth-order valence-corrected chi connectivity index (χ4v) is 4.64. The summed E-state index contributed by atoms with van der Waals surface area (Å²) < 4.78 is 47.5. The van der Waals surface area contributed by atoms with Crippen LogP contribution in [0.1, 0.15) is 12.5 Å². The number of amides is 1. The SMILES string of the molecule is CC(CNc1ccnc(-c2nc(-c3ccc(C(F)(F)F)cc3)n(COCC[Si](C)(C)C)c2Br)n1)NC(=O)O. The minimum absolute atomic E-state index is 0.130. The van der Waals surface area contributed by atoms with Gasteiger partial charge >= 0.3 is 12.3 Å². The molecule has 0 aliphatic carbocycles. The van der Waals surface area contributed by atoms with Crippen LogP contribution in [0.15, 0.2) is 41.1 Å². The van der Waals surface area contributed by atoms with Crippen LogP contribution in [-0.2, 0) is 17.6 Å². The van der Waals surface area contributed by atoms with E-state index in [0.717, 1.165) is 18.2 Å². The van der Waals surface area contributed by atoms with Crippen LogP contribution in [0.25, 0.3) is 22.9 Å². The first-order chi connectivity index (χ1) is 17.7. The van der Waals surface area contributed by atoms with E-state index in [-0.39, 0.29) is 18.6 Å². The number of aromatic nitrogens is 4. The highest BCUT2D eigenvalue weighted by atomic mass is 79.9. The summed E-state index contributed by atoms with van der Waals surface area (Å²) in [5.74, 6) is 1.13. The molecule has 1 atom stereocenters. The molecule has 0 spiro atoms. The molecule has 3 rings (SSSR count). The van der Waals surface area contributed by atoms with Gasteiger partial charge in [-0.05, 0) is 47.1 Å². The normalized spacial score (nSPS) is 12.8. The summed E-state index contributed by atoms with van der Waals surface area (Å²) in [6.45, 7) is 9.40. The Morgan fingerprint density at radius 1 is 1.18 bits per heavy atom. The van der Waals surface area contributed by atoms with Crippen molar-refractivity contribution >= 4 is 35.9 Å². The van der Waals surface area contributed by atoms with Crippen molar-refractivity contribution in [3.8, 4) is 22.9 Å². The number of hydrogen-bond donors (Lipinski definition) is 3. The minimum atomic E-state index is -4.45. The van der Waals surface area contributed by atoms with Crippen LogP contribution < -0.4 is 10.6 Å². The number of anilines is 1. The molecule has 0 aliphatic rings. The van der Waals surface area contributed by atoms with Crippen molar-refractivity contribution in [2.45, 2.75) is 51.6 Å². The van der Waals surface area contributed by atoms with Crippen LogP contribution >= 0.6 is 15.9 Å². The molecular weight excluding hydrogens is 585 g/mol. The first kappa shape index (κ1) is 29.6. The summed E-state index contributed by atoms with van der Waals surface area (Å²) in [7, 11) is -1.32. The number of nitrogens with zero attached hydrogens (tertiary/aromatic N) is 4. The number of halogens is 4. The maximum atomic E-state index is 13.1. The van der Waals surface area contributed by atoms with Crippen molar-refractivity contribution in [1.82, 2.24) is 24.8 Å². The number of alkyl halides is 3. The third-order valence-electron chi connectivity index (χ3n) is 5.42. The van der Waals surface area contributed by atoms with E-state index in [0.29, 0.717) is 40.7 Å². The first-order valence-corrected chi connectivity index (χ1v) is 16.3. The second kappa shape index (κ2) is 12.3. The van der Waals surface area contributed by atoms with E-state index in [4.69, 9.17) is 9.84 Å². The molecule has 0 bridgehead atoms. The van der Waals surface area contributed by atoms with E-state index in [1.54, 1.807) is 17.6 Å². The summed E-state index contributed by atoms with van der Waals surface area (Å²) in [6, 6.07) is 7.00. The van der Waals surface area contributed by atoms with Crippen LogP contribution in [0.5, 0.6) is 0 Å². The lowest BCUT2D eigenvalue weighted by atomic mass is 10.1. The third-order valence-corrected chi connectivity index (χ3v) is 7.93. The van der Waals surface area contributed by atoms with E-state index in [2.05, 4.69) is 61.2 Å². The summed E-state index contributed by atoms with van der Waals surface area (Å²) in [4.78, 5) is 24.3. The van der Waals surface area contributed by atoms with Gasteiger partial charge in [-0.2, -0.15) is 13.2 Å². The van der Waals surface area contributed by atoms with Crippen molar-refractivity contribution in [2.75, 3.05) is 18.5 Å². The average Bonchev–Trinajstić information content (AvgIpc) is 3.15. The summed E-state index contributed by atoms with van der Waals surface area (Å²) in [5, 5.41) is 14.3. The number of hydrogen-bond acceptors (Lipinski definition) is 6. The third kappa shape index (κ3) is 8.26. The Morgan fingerprint density at radius 3 is 2.47 bits per heavy atom. The Bertz CT molecular complexity index is 1250. The zero-order valence-electron chi connectivity index (χ0n) is 21.4. The molecule has 0 radical (unpaired) electrons. The Labute approximate surface area is 228 Å². The molecule has 0 aliphatic heterocycles. The smallest absolute Gasteiger partial charge is 0.416 e. The predicted octanol–water partition coefficient (Wildman–Crippen LogP) is 6.17. The highest BCUT2D eigenvalue weighted by molar-refractivity contribution is 9.10. The van der Waals surface area contributed by atoms with Gasteiger partial charge in [0, 0.05) is 39.0 Å².